The Morgan fingerprint density at radius 1 is 1.21 bits per heavy atom. The van der Waals surface area contributed by atoms with Crippen molar-refractivity contribution >= 4 is 5.78 Å². The Morgan fingerprint density at radius 2 is 1.89 bits per heavy atom. The van der Waals surface area contributed by atoms with Crippen molar-refractivity contribution in [3.63, 3.8) is 0 Å². The first kappa shape index (κ1) is 12.5. The number of ketones is 1. The molecule has 0 heterocycles. The minimum absolute atomic E-state index is 0.0455. The molecule has 0 N–H and O–H groups in total. The molecule has 3 nitrogen and oxygen atoms in total. The summed E-state index contributed by atoms with van der Waals surface area (Å²) in [6, 6.07) is 7.73. The van der Waals surface area contributed by atoms with E-state index in [4.69, 9.17) is 9.47 Å². The Kier molecular flexibility index (Phi) is 3.21. The lowest BCUT2D eigenvalue weighted by molar-refractivity contribution is -0.151. The number of para-hydroxylation sites is 2. The number of carbonyl (C=O) groups is 1. The predicted molar refractivity (Wildman–Crippen MR) is 72.6 cm³/mol. The van der Waals surface area contributed by atoms with E-state index in [1.165, 1.54) is 0 Å². The molecule has 2 aliphatic rings. The number of ether oxygens (including phenoxy) is 2. The second kappa shape index (κ2) is 4.87. The van der Waals surface area contributed by atoms with Crippen LogP contribution in [0, 0.1) is 5.41 Å². The lowest BCUT2D eigenvalue weighted by atomic mass is 9.63. The number of Topliss-reactive ketones (excluding diaryl/α,β-unsaturated/α-hetero) is 1. The largest absolute Gasteiger partial charge is 0.490 e. The number of hydrogen-bond acceptors (Lipinski definition) is 3. The first-order valence-electron chi connectivity index (χ1n) is 7.18. The lowest BCUT2D eigenvalue weighted by Crippen LogP contribution is -2.55. The maximum atomic E-state index is 12.0. The van der Waals surface area contributed by atoms with E-state index in [9.17, 15) is 4.79 Å². The monoisotopic (exact) mass is 260 g/mol. The van der Waals surface area contributed by atoms with Gasteiger partial charge in [0.15, 0.2) is 11.5 Å². The average molecular weight is 260 g/mol. The van der Waals surface area contributed by atoms with E-state index in [2.05, 4.69) is 0 Å². The quantitative estimate of drug-likeness (QED) is 0.832. The fraction of sp³-hybridized carbons (Fsp3) is 0.562. The van der Waals surface area contributed by atoms with Crippen LogP contribution >= 0.6 is 0 Å². The molecule has 0 bridgehead atoms. The van der Waals surface area contributed by atoms with Crippen LogP contribution in [0.4, 0.5) is 0 Å². The fourth-order valence-electron chi connectivity index (χ4n) is 3.35. The molecular formula is C16H20O3. The zero-order valence-electron chi connectivity index (χ0n) is 11.4. The Balaban J connectivity index is 1.77. The van der Waals surface area contributed by atoms with Gasteiger partial charge in [-0.3, -0.25) is 4.79 Å². The smallest absolute Gasteiger partial charge is 0.161 e. The molecular weight excluding hydrogens is 240 g/mol. The maximum Gasteiger partial charge on any atom is 0.161 e. The Labute approximate surface area is 113 Å². The highest BCUT2D eigenvalue weighted by Gasteiger charge is 2.57. The minimum atomic E-state index is -0.181. The van der Waals surface area contributed by atoms with Crippen LogP contribution in [0.3, 0.4) is 0 Å². The normalized spacial score (nSPS) is 24.3. The second-order valence-electron chi connectivity index (χ2n) is 5.48. The van der Waals surface area contributed by atoms with Crippen molar-refractivity contribution in [1.29, 1.82) is 0 Å². The third-order valence-corrected chi connectivity index (χ3v) is 4.46. The van der Waals surface area contributed by atoms with Gasteiger partial charge in [-0.1, -0.05) is 25.0 Å². The Hall–Kier alpha value is -1.51. The van der Waals surface area contributed by atoms with Crippen molar-refractivity contribution in [2.24, 2.45) is 5.41 Å². The van der Waals surface area contributed by atoms with Crippen molar-refractivity contribution in [3.8, 4) is 11.5 Å². The van der Waals surface area contributed by atoms with Crippen molar-refractivity contribution in [2.75, 3.05) is 6.61 Å². The van der Waals surface area contributed by atoms with Gasteiger partial charge < -0.3 is 9.47 Å². The molecule has 1 aromatic carbocycles. The maximum absolute atomic E-state index is 12.0. The molecule has 2 fully saturated rings. The molecule has 1 aromatic rings. The zero-order chi connectivity index (χ0) is 13.3. The van der Waals surface area contributed by atoms with Crippen LogP contribution < -0.4 is 9.47 Å². The number of carbonyl (C=O) groups excluding carboxylic acids is 1. The second-order valence-corrected chi connectivity index (χ2v) is 5.48. The standard InChI is InChI=1S/C16H20O3/c1-2-18-12-7-3-4-8-13(12)19-15-11-14(17)16(15)9-5-6-10-16/h3-4,7-8,15H,2,5-6,9-11H2,1H3. The molecule has 1 atom stereocenters. The molecule has 3 heteroatoms. The summed E-state index contributed by atoms with van der Waals surface area (Å²) in [5.74, 6) is 1.94. The van der Waals surface area contributed by atoms with E-state index >= 15 is 0 Å². The van der Waals surface area contributed by atoms with Gasteiger partial charge in [-0.05, 0) is 31.9 Å². The summed E-state index contributed by atoms with van der Waals surface area (Å²) in [7, 11) is 0. The minimum Gasteiger partial charge on any atom is -0.490 e. The van der Waals surface area contributed by atoms with E-state index in [1.54, 1.807) is 0 Å². The van der Waals surface area contributed by atoms with E-state index < -0.39 is 0 Å². The molecule has 0 saturated heterocycles. The topological polar surface area (TPSA) is 35.5 Å². The molecule has 19 heavy (non-hydrogen) atoms. The van der Waals surface area contributed by atoms with E-state index in [1.807, 2.05) is 31.2 Å². The molecule has 102 valence electrons. The summed E-state index contributed by atoms with van der Waals surface area (Å²) in [6.45, 7) is 2.58. The summed E-state index contributed by atoms with van der Waals surface area (Å²) < 4.78 is 11.7. The van der Waals surface area contributed by atoms with Crippen molar-refractivity contribution in [2.45, 2.75) is 45.1 Å². The molecule has 3 rings (SSSR count). The highest BCUT2D eigenvalue weighted by molar-refractivity contribution is 5.92. The summed E-state index contributed by atoms with van der Waals surface area (Å²) in [6.07, 6.45) is 4.89. The van der Waals surface area contributed by atoms with Crippen LogP contribution in [-0.4, -0.2) is 18.5 Å². The molecule has 0 amide bonds. The van der Waals surface area contributed by atoms with Gasteiger partial charge in [-0.15, -0.1) is 0 Å². The van der Waals surface area contributed by atoms with Crippen molar-refractivity contribution in [3.05, 3.63) is 24.3 Å². The van der Waals surface area contributed by atoms with Crippen LogP contribution in [0.25, 0.3) is 0 Å². The van der Waals surface area contributed by atoms with Crippen LogP contribution in [0.2, 0.25) is 0 Å². The third kappa shape index (κ3) is 2.01. The van der Waals surface area contributed by atoms with Crippen LogP contribution in [-0.2, 0) is 4.79 Å². The van der Waals surface area contributed by atoms with Crippen molar-refractivity contribution in [1.82, 2.24) is 0 Å². The summed E-state index contributed by atoms with van der Waals surface area (Å²) in [5, 5.41) is 0. The molecule has 2 saturated carbocycles. The van der Waals surface area contributed by atoms with Crippen molar-refractivity contribution < 1.29 is 14.3 Å². The first-order chi connectivity index (χ1) is 9.26. The van der Waals surface area contributed by atoms with Gasteiger partial charge in [0, 0.05) is 6.42 Å². The van der Waals surface area contributed by atoms with Gasteiger partial charge in [-0.25, -0.2) is 0 Å². The summed E-state index contributed by atoms with van der Waals surface area (Å²) in [5.41, 5.74) is -0.181. The molecule has 0 radical (unpaired) electrons. The van der Waals surface area contributed by atoms with Gasteiger partial charge in [0.2, 0.25) is 0 Å². The lowest BCUT2D eigenvalue weighted by Gasteiger charge is -2.44. The molecule has 0 aliphatic heterocycles. The SMILES string of the molecule is CCOc1ccccc1OC1CC(=O)C12CCCC2. The average Bonchev–Trinajstić information content (AvgIpc) is 2.93. The van der Waals surface area contributed by atoms with Crippen LogP contribution in [0.5, 0.6) is 11.5 Å². The zero-order valence-corrected chi connectivity index (χ0v) is 11.4. The third-order valence-electron chi connectivity index (χ3n) is 4.46. The molecule has 1 unspecified atom stereocenters. The Morgan fingerprint density at radius 3 is 2.53 bits per heavy atom. The highest BCUT2D eigenvalue weighted by Crippen LogP contribution is 2.52. The van der Waals surface area contributed by atoms with Gasteiger partial charge in [0.1, 0.15) is 11.9 Å². The first-order valence-corrected chi connectivity index (χ1v) is 7.18. The van der Waals surface area contributed by atoms with Gasteiger partial charge in [-0.2, -0.15) is 0 Å². The van der Waals surface area contributed by atoms with Gasteiger partial charge in [0.05, 0.1) is 12.0 Å². The number of hydrogen-bond donors (Lipinski definition) is 0. The Bertz CT molecular complexity index is 475. The summed E-state index contributed by atoms with van der Waals surface area (Å²) in [4.78, 5) is 12.0. The predicted octanol–water partition coefficient (Wildman–Crippen LogP) is 3.37. The van der Waals surface area contributed by atoms with Gasteiger partial charge in [0.25, 0.3) is 0 Å². The van der Waals surface area contributed by atoms with E-state index in [-0.39, 0.29) is 11.5 Å². The number of rotatable bonds is 4. The molecule has 0 aromatic heterocycles. The number of benzene rings is 1. The van der Waals surface area contributed by atoms with E-state index in [0.717, 1.165) is 37.2 Å². The van der Waals surface area contributed by atoms with Crippen LogP contribution in [0.15, 0.2) is 24.3 Å². The van der Waals surface area contributed by atoms with Gasteiger partial charge >= 0.3 is 0 Å². The molecule has 2 aliphatic carbocycles. The summed E-state index contributed by atoms with van der Waals surface area (Å²) >= 11 is 0. The van der Waals surface area contributed by atoms with E-state index in [0.29, 0.717) is 18.8 Å². The van der Waals surface area contributed by atoms with Crippen LogP contribution in [0.1, 0.15) is 39.0 Å². The molecule has 1 spiro atoms. The fourth-order valence-corrected chi connectivity index (χ4v) is 3.35. The highest BCUT2D eigenvalue weighted by atomic mass is 16.5.